The van der Waals surface area contributed by atoms with Gasteiger partial charge in [-0.2, -0.15) is 0 Å². The summed E-state index contributed by atoms with van der Waals surface area (Å²) in [5.74, 6) is 2.17. The number of rotatable bonds is 8. The Kier molecular flexibility index (Phi) is 6.53. The highest BCUT2D eigenvalue weighted by Crippen LogP contribution is 2.44. The molecule has 38 heavy (non-hydrogen) atoms. The van der Waals surface area contributed by atoms with Gasteiger partial charge < -0.3 is 9.80 Å². The van der Waals surface area contributed by atoms with Gasteiger partial charge in [0, 0.05) is 72.6 Å². The van der Waals surface area contributed by atoms with Crippen molar-refractivity contribution in [3.05, 3.63) is 70.2 Å². The smallest absolute Gasteiger partial charge is 0.0623 e. The first kappa shape index (κ1) is 24.4. The van der Waals surface area contributed by atoms with E-state index in [1.165, 1.54) is 104 Å². The van der Waals surface area contributed by atoms with Gasteiger partial charge in [-0.15, -0.1) is 0 Å². The molecular weight excluding hydrogens is 464 g/mol. The summed E-state index contributed by atoms with van der Waals surface area (Å²) in [5.41, 5.74) is 12.8. The van der Waals surface area contributed by atoms with Crippen LogP contribution in [-0.2, 0) is 6.42 Å². The van der Waals surface area contributed by atoms with Gasteiger partial charge in [0.1, 0.15) is 0 Å². The van der Waals surface area contributed by atoms with E-state index in [0.717, 1.165) is 51.5 Å². The van der Waals surface area contributed by atoms with Crippen LogP contribution in [0, 0.1) is 11.8 Å². The van der Waals surface area contributed by atoms with E-state index >= 15 is 0 Å². The molecule has 4 nitrogen and oxygen atoms in total. The van der Waals surface area contributed by atoms with Crippen molar-refractivity contribution in [1.82, 2.24) is 14.8 Å². The number of hydrogen-bond donors (Lipinski definition) is 0. The summed E-state index contributed by atoms with van der Waals surface area (Å²) < 4.78 is 0. The van der Waals surface area contributed by atoms with Gasteiger partial charge in [0.05, 0.1) is 6.54 Å². The fourth-order valence-electron chi connectivity index (χ4n) is 7.68. The highest BCUT2D eigenvalue weighted by molar-refractivity contribution is 5.83. The predicted octanol–water partition coefficient (Wildman–Crippen LogP) is 7.07. The monoisotopic (exact) mass is 508 g/mol. The van der Waals surface area contributed by atoms with Crippen LogP contribution in [-0.4, -0.2) is 53.7 Å². The summed E-state index contributed by atoms with van der Waals surface area (Å²) in [7, 11) is 0. The zero-order valence-corrected chi connectivity index (χ0v) is 23.2. The summed E-state index contributed by atoms with van der Waals surface area (Å²) >= 11 is 0. The standard InChI is InChI=1S/C34H44N4/c1-23(37-13-12-27-18-35-19-32(27)22-37)28-14-30-20-38(21-31(30)15-28)24(2)29-16-33(36-34(17-29)26-9-10-26)11-8-25-6-4-3-5-7-25/h16-18,25-26,28H,1-15,19-22H2. The minimum absolute atomic E-state index is 0.577. The Bertz CT molecular complexity index is 1200. The van der Waals surface area contributed by atoms with E-state index in [2.05, 4.69) is 46.3 Å². The van der Waals surface area contributed by atoms with E-state index < -0.39 is 0 Å². The summed E-state index contributed by atoms with van der Waals surface area (Å²) in [6.07, 6.45) is 17.7. The number of nitrogens with zero attached hydrogens (tertiary/aromatic N) is 4. The molecule has 0 atom stereocenters. The zero-order valence-electron chi connectivity index (χ0n) is 23.2. The number of aryl methyl sites for hydroxylation is 1. The molecule has 0 bridgehead atoms. The molecule has 0 aromatic carbocycles. The van der Waals surface area contributed by atoms with Crippen molar-refractivity contribution in [1.29, 1.82) is 0 Å². The van der Waals surface area contributed by atoms with Crippen molar-refractivity contribution in [3.63, 3.8) is 0 Å². The lowest BCUT2D eigenvalue weighted by Gasteiger charge is -2.35. The molecule has 200 valence electrons. The summed E-state index contributed by atoms with van der Waals surface area (Å²) in [5, 5.41) is 0. The lowest BCUT2D eigenvalue weighted by molar-refractivity contribution is 0.313. The number of likely N-dealkylation sites (tertiary alicyclic amines) is 1. The molecule has 4 heterocycles. The quantitative estimate of drug-likeness (QED) is 0.352. The van der Waals surface area contributed by atoms with Gasteiger partial charge >= 0.3 is 0 Å². The van der Waals surface area contributed by atoms with E-state index in [4.69, 9.17) is 4.98 Å². The SMILES string of the molecule is C=C(c1cc(CCC2CCCCC2)nc(C2CC2)c1)N1CC2=C(CC(C(=C)N3CCC4=C(CN=C4)C3)C2)C1. The molecular formula is C34H44N4. The molecule has 0 N–H and O–H groups in total. The number of aliphatic imine (C=N–C) groups is 1. The first-order valence-corrected chi connectivity index (χ1v) is 15.4. The average Bonchev–Trinajstić information content (AvgIpc) is 3.37. The molecule has 0 amide bonds. The normalized spacial score (nSPS) is 24.0. The Morgan fingerprint density at radius 1 is 0.895 bits per heavy atom. The Morgan fingerprint density at radius 3 is 2.42 bits per heavy atom. The van der Waals surface area contributed by atoms with E-state index in [9.17, 15) is 0 Å². The molecule has 0 saturated heterocycles. The number of pyridine rings is 1. The van der Waals surface area contributed by atoms with Gasteiger partial charge in [0.15, 0.2) is 0 Å². The van der Waals surface area contributed by atoms with Crippen LogP contribution in [0.5, 0.6) is 0 Å². The maximum absolute atomic E-state index is 5.14. The molecule has 3 aliphatic carbocycles. The van der Waals surface area contributed by atoms with Crippen LogP contribution in [0.3, 0.4) is 0 Å². The molecule has 0 unspecified atom stereocenters. The highest BCUT2D eigenvalue weighted by atomic mass is 15.2. The second-order valence-corrected chi connectivity index (χ2v) is 13.0. The number of allylic oxidation sites excluding steroid dienone is 1. The predicted molar refractivity (Wildman–Crippen MR) is 157 cm³/mol. The Hall–Kier alpha value is -2.62. The van der Waals surface area contributed by atoms with Gasteiger partial charge in [-0.1, -0.05) is 45.3 Å². The Morgan fingerprint density at radius 2 is 1.66 bits per heavy atom. The minimum Gasteiger partial charge on any atom is -0.371 e. The van der Waals surface area contributed by atoms with Crippen LogP contribution in [0.4, 0.5) is 0 Å². The van der Waals surface area contributed by atoms with Crippen molar-refractivity contribution in [2.45, 2.75) is 83.0 Å². The molecule has 1 aromatic rings. The molecule has 2 fully saturated rings. The maximum Gasteiger partial charge on any atom is 0.0623 e. The average molecular weight is 509 g/mol. The van der Waals surface area contributed by atoms with Crippen molar-refractivity contribution in [2.24, 2.45) is 16.8 Å². The molecule has 7 rings (SSSR count). The molecule has 0 radical (unpaired) electrons. The third kappa shape index (κ3) is 4.92. The molecule has 3 aliphatic heterocycles. The summed E-state index contributed by atoms with van der Waals surface area (Å²) in [6.45, 7) is 14.3. The number of hydrogen-bond acceptors (Lipinski definition) is 4. The summed E-state index contributed by atoms with van der Waals surface area (Å²) in [6, 6.07) is 4.74. The molecule has 2 saturated carbocycles. The third-order valence-electron chi connectivity index (χ3n) is 10.3. The van der Waals surface area contributed by atoms with E-state index in [-0.39, 0.29) is 0 Å². The van der Waals surface area contributed by atoms with Gasteiger partial charge in [-0.25, -0.2) is 0 Å². The fraction of sp³-hybridized carbons (Fsp3) is 0.588. The van der Waals surface area contributed by atoms with Crippen LogP contribution in [0.2, 0.25) is 0 Å². The molecule has 4 heteroatoms. The minimum atomic E-state index is 0.577. The highest BCUT2D eigenvalue weighted by Gasteiger charge is 2.35. The van der Waals surface area contributed by atoms with Crippen LogP contribution in [0.25, 0.3) is 5.70 Å². The maximum atomic E-state index is 5.14. The lowest BCUT2D eigenvalue weighted by atomic mass is 9.85. The first-order valence-electron chi connectivity index (χ1n) is 15.4. The third-order valence-corrected chi connectivity index (χ3v) is 10.3. The fourth-order valence-corrected chi connectivity index (χ4v) is 7.68. The van der Waals surface area contributed by atoms with Crippen molar-refractivity contribution in [3.8, 4) is 0 Å². The van der Waals surface area contributed by atoms with Gasteiger partial charge in [0.2, 0.25) is 0 Å². The molecule has 1 aromatic heterocycles. The molecule has 6 aliphatic rings. The van der Waals surface area contributed by atoms with Crippen LogP contribution >= 0.6 is 0 Å². The van der Waals surface area contributed by atoms with Crippen LogP contribution in [0.1, 0.15) is 93.5 Å². The van der Waals surface area contributed by atoms with Crippen molar-refractivity contribution in [2.75, 3.05) is 32.7 Å². The van der Waals surface area contributed by atoms with Crippen molar-refractivity contribution < 1.29 is 0 Å². The van der Waals surface area contributed by atoms with Crippen LogP contribution in [0.15, 0.2) is 58.3 Å². The van der Waals surface area contributed by atoms with E-state index in [1.807, 2.05) is 0 Å². The van der Waals surface area contributed by atoms with Crippen molar-refractivity contribution >= 4 is 11.9 Å². The Labute approximate surface area is 229 Å². The van der Waals surface area contributed by atoms with E-state index in [0.29, 0.717) is 11.8 Å². The molecule has 0 spiro atoms. The second kappa shape index (κ2) is 10.2. The largest absolute Gasteiger partial charge is 0.371 e. The summed E-state index contributed by atoms with van der Waals surface area (Å²) in [4.78, 5) is 14.7. The van der Waals surface area contributed by atoms with Gasteiger partial charge in [-0.3, -0.25) is 9.98 Å². The lowest BCUT2D eigenvalue weighted by Crippen LogP contribution is -2.33. The zero-order chi connectivity index (χ0) is 25.6. The van der Waals surface area contributed by atoms with E-state index in [1.54, 1.807) is 11.1 Å². The van der Waals surface area contributed by atoms with Gasteiger partial charge in [0.25, 0.3) is 0 Å². The Balaban J connectivity index is 0.976. The first-order chi connectivity index (χ1) is 18.6. The topological polar surface area (TPSA) is 31.7 Å². The second-order valence-electron chi connectivity index (χ2n) is 13.0. The number of aromatic nitrogens is 1. The van der Waals surface area contributed by atoms with Crippen LogP contribution < -0.4 is 0 Å². The van der Waals surface area contributed by atoms with Gasteiger partial charge in [-0.05, 0) is 85.3 Å².